The van der Waals surface area contributed by atoms with E-state index < -0.39 is 0 Å². The molecule has 1 amide bonds. The van der Waals surface area contributed by atoms with E-state index in [-0.39, 0.29) is 17.9 Å². The monoisotopic (exact) mass is 503 g/mol. The highest BCUT2D eigenvalue weighted by Gasteiger charge is 2.37. The molecule has 0 saturated carbocycles. The number of nitriles is 1. The SMILES string of the molecule is N#Cc1ccc(Cn2cncc2CNC(CCc2ccccc2)C2CCN(Cc3ccccc3)C2=O)cc1. The summed E-state index contributed by atoms with van der Waals surface area (Å²) < 4.78 is 2.13. The van der Waals surface area contributed by atoms with E-state index in [1.807, 2.05) is 66.0 Å². The van der Waals surface area contributed by atoms with Crippen molar-refractivity contribution >= 4 is 5.91 Å². The maximum atomic E-state index is 13.5. The standard InChI is InChI=1S/C32H33N5O/c33-19-26-11-13-28(14-12-26)23-37-24-34-20-29(37)21-35-31(16-15-25-7-3-1-4-8-25)30-17-18-36(32(30)38)22-27-9-5-2-6-10-27/h1-14,20,24,30-31,35H,15-18,21-23H2. The van der Waals surface area contributed by atoms with Crippen molar-refractivity contribution in [3.8, 4) is 6.07 Å². The highest BCUT2D eigenvalue weighted by molar-refractivity contribution is 5.81. The number of likely N-dealkylation sites (tertiary alicyclic amines) is 1. The van der Waals surface area contributed by atoms with E-state index in [9.17, 15) is 4.79 Å². The van der Waals surface area contributed by atoms with Gasteiger partial charge < -0.3 is 14.8 Å². The first-order chi connectivity index (χ1) is 18.7. The lowest BCUT2D eigenvalue weighted by Crippen LogP contribution is -2.41. The molecule has 0 aliphatic carbocycles. The number of imidazole rings is 1. The molecule has 6 heteroatoms. The van der Waals surface area contributed by atoms with E-state index in [0.29, 0.717) is 25.2 Å². The van der Waals surface area contributed by atoms with E-state index in [0.717, 1.165) is 37.1 Å². The van der Waals surface area contributed by atoms with Crippen LogP contribution in [0.25, 0.3) is 0 Å². The van der Waals surface area contributed by atoms with Gasteiger partial charge in [-0.3, -0.25) is 4.79 Å². The topological polar surface area (TPSA) is 74.0 Å². The largest absolute Gasteiger partial charge is 0.338 e. The molecule has 5 rings (SSSR count). The Morgan fingerprint density at radius 1 is 0.921 bits per heavy atom. The van der Waals surface area contributed by atoms with Crippen molar-refractivity contribution in [3.05, 3.63) is 125 Å². The molecule has 1 aliphatic rings. The number of nitrogens with zero attached hydrogens (tertiary/aromatic N) is 4. The highest BCUT2D eigenvalue weighted by Crippen LogP contribution is 2.26. The molecule has 1 N–H and O–H groups in total. The average molecular weight is 504 g/mol. The maximum absolute atomic E-state index is 13.5. The predicted octanol–water partition coefficient (Wildman–Crippen LogP) is 4.94. The van der Waals surface area contributed by atoms with Crippen molar-refractivity contribution in [2.24, 2.45) is 5.92 Å². The van der Waals surface area contributed by atoms with Gasteiger partial charge in [0.15, 0.2) is 0 Å². The lowest BCUT2D eigenvalue weighted by Gasteiger charge is -2.25. The van der Waals surface area contributed by atoms with E-state index in [1.54, 1.807) is 0 Å². The fraction of sp³-hybridized carbons (Fsp3) is 0.281. The van der Waals surface area contributed by atoms with Gasteiger partial charge in [-0.1, -0.05) is 72.8 Å². The van der Waals surface area contributed by atoms with Crippen LogP contribution in [-0.4, -0.2) is 32.9 Å². The van der Waals surface area contributed by atoms with Gasteiger partial charge in [-0.2, -0.15) is 5.26 Å². The summed E-state index contributed by atoms with van der Waals surface area (Å²) in [6.45, 7) is 2.78. The van der Waals surface area contributed by atoms with Crippen molar-refractivity contribution in [3.63, 3.8) is 0 Å². The highest BCUT2D eigenvalue weighted by atomic mass is 16.2. The number of aromatic nitrogens is 2. The molecule has 3 aromatic carbocycles. The normalized spacial score (nSPS) is 15.9. The molecule has 38 heavy (non-hydrogen) atoms. The predicted molar refractivity (Wildman–Crippen MR) is 148 cm³/mol. The fourth-order valence-electron chi connectivity index (χ4n) is 5.26. The van der Waals surface area contributed by atoms with E-state index >= 15 is 0 Å². The molecule has 0 spiro atoms. The van der Waals surface area contributed by atoms with Gasteiger partial charge in [-0.05, 0) is 48.1 Å². The molecule has 1 aliphatic heterocycles. The molecule has 2 atom stereocenters. The molecule has 4 aromatic rings. The van der Waals surface area contributed by atoms with Crippen LogP contribution in [0.1, 0.15) is 40.8 Å². The third-order valence-electron chi connectivity index (χ3n) is 7.41. The van der Waals surface area contributed by atoms with Crippen LogP contribution in [0.15, 0.2) is 97.5 Å². The van der Waals surface area contributed by atoms with E-state index in [4.69, 9.17) is 5.26 Å². The van der Waals surface area contributed by atoms with Crippen LogP contribution in [0.2, 0.25) is 0 Å². The van der Waals surface area contributed by atoms with Gasteiger partial charge in [0.05, 0.1) is 29.6 Å². The Hall–Kier alpha value is -4.21. The molecule has 6 nitrogen and oxygen atoms in total. The number of nitrogens with one attached hydrogen (secondary N) is 1. The van der Waals surface area contributed by atoms with Gasteiger partial charge >= 0.3 is 0 Å². The van der Waals surface area contributed by atoms with Gasteiger partial charge in [-0.15, -0.1) is 0 Å². The van der Waals surface area contributed by atoms with Crippen LogP contribution in [0.5, 0.6) is 0 Å². The summed E-state index contributed by atoms with van der Waals surface area (Å²) in [6.07, 6.45) is 6.41. The average Bonchev–Trinajstić information content (AvgIpc) is 3.56. The second kappa shape index (κ2) is 12.4. The van der Waals surface area contributed by atoms with Gasteiger partial charge in [-0.25, -0.2) is 4.98 Å². The summed E-state index contributed by atoms with van der Waals surface area (Å²) in [7, 11) is 0. The Morgan fingerprint density at radius 3 is 2.32 bits per heavy atom. The molecule has 1 aromatic heterocycles. The smallest absolute Gasteiger partial charge is 0.227 e. The Kier molecular flexibility index (Phi) is 8.27. The number of benzene rings is 3. The summed E-state index contributed by atoms with van der Waals surface area (Å²) in [5.74, 6) is 0.197. The lowest BCUT2D eigenvalue weighted by molar-refractivity contribution is -0.132. The minimum Gasteiger partial charge on any atom is -0.338 e. The number of amides is 1. The molecule has 0 radical (unpaired) electrons. The third kappa shape index (κ3) is 6.37. The zero-order chi connectivity index (χ0) is 26.2. The summed E-state index contributed by atoms with van der Waals surface area (Å²) in [5, 5.41) is 12.8. The second-order valence-corrected chi connectivity index (χ2v) is 9.97. The van der Waals surface area contributed by atoms with Crippen molar-refractivity contribution in [1.82, 2.24) is 19.8 Å². The fourth-order valence-corrected chi connectivity index (χ4v) is 5.26. The molecular weight excluding hydrogens is 470 g/mol. The summed E-state index contributed by atoms with van der Waals surface area (Å²) >= 11 is 0. The van der Waals surface area contributed by atoms with Crippen molar-refractivity contribution in [1.29, 1.82) is 5.26 Å². The third-order valence-corrected chi connectivity index (χ3v) is 7.41. The second-order valence-electron chi connectivity index (χ2n) is 9.97. The number of rotatable bonds is 11. The van der Waals surface area contributed by atoms with Crippen molar-refractivity contribution in [2.45, 2.75) is 44.9 Å². The Morgan fingerprint density at radius 2 is 1.61 bits per heavy atom. The minimum absolute atomic E-state index is 0.0441. The molecule has 1 fully saturated rings. The van der Waals surface area contributed by atoms with Gasteiger partial charge in [0.1, 0.15) is 0 Å². The number of hydrogen-bond donors (Lipinski definition) is 1. The van der Waals surface area contributed by atoms with Gasteiger partial charge in [0.25, 0.3) is 0 Å². The van der Waals surface area contributed by atoms with Crippen LogP contribution in [0.3, 0.4) is 0 Å². The van der Waals surface area contributed by atoms with Crippen LogP contribution in [0, 0.1) is 17.2 Å². The van der Waals surface area contributed by atoms with Crippen LogP contribution < -0.4 is 5.32 Å². The number of aryl methyl sites for hydroxylation is 1. The molecule has 2 unspecified atom stereocenters. The summed E-state index contributed by atoms with van der Waals surface area (Å²) in [4.78, 5) is 19.9. The molecule has 2 heterocycles. The summed E-state index contributed by atoms with van der Waals surface area (Å²) in [5.41, 5.74) is 5.31. The Bertz CT molecular complexity index is 1360. The van der Waals surface area contributed by atoms with Crippen LogP contribution in [0.4, 0.5) is 0 Å². The zero-order valence-electron chi connectivity index (χ0n) is 21.5. The molecular formula is C32H33N5O. The number of carbonyl (C=O) groups excluding carboxylic acids is 1. The first kappa shape index (κ1) is 25.4. The first-order valence-corrected chi connectivity index (χ1v) is 13.3. The lowest BCUT2D eigenvalue weighted by atomic mass is 9.92. The maximum Gasteiger partial charge on any atom is 0.227 e. The van der Waals surface area contributed by atoms with Crippen molar-refractivity contribution in [2.75, 3.05) is 6.54 Å². The van der Waals surface area contributed by atoms with E-state index in [1.165, 1.54) is 11.1 Å². The van der Waals surface area contributed by atoms with Crippen LogP contribution >= 0.6 is 0 Å². The number of hydrogen-bond acceptors (Lipinski definition) is 4. The summed E-state index contributed by atoms with van der Waals surface area (Å²) in [6, 6.07) is 30.6. The quantitative estimate of drug-likeness (QED) is 0.315. The number of carbonyl (C=O) groups is 1. The zero-order valence-corrected chi connectivity index (χ0v) is 21.5. The molecule has 192 valence electrons. The Balaban J connectivity index is 1.27. The van der Waals surface area contributed by atoms with Gasteiger partial charge in [0, 0.05) is 38.4 Å². The molecule has 0 bridgehead atoms. The Labute approximate surface area is 224 Å². The van der Waals surface area contributed by atoms with Gasteiger partial charge in [0.2, 0.25) is 5.91 Å². The first-order valence-electron chi connectivity index (χ1n) is 13.3. The molecule has 1 saturated heterocycles. The van der Waals surface area contributed by atoms with Crippen LogP contribution in [-0.2, 0) is 30.8 Å². The van der Waals surface area contributed by atoms with Crippen molar-refractivity contribution < 1.29 is 4.79 Å². The van der Waals surface area contributed by atoms with E-state index in [2.05, 4.69) is 57.3 Å². The minimum atomic E-state index is -0.0441.